The average molecular weight is 304 g/mol. The van der Waals surface area contributed by atoms with Crippen molar-refractivity contribution in [3.63, 3.8) is 0 Å². The number of carboxylic acid groups (broad SMARTS) is 1. The van der Waals surface area contributed by atoms with Gasteiger partial charge < -0.3 is 5.11 Å². The summed E-state index contributed by atoms with van der Waals surface area (Å²) >= 11 is 0. The fourth-order valence-electron chi connectivity index (χ4n) is 2.51. The molecule has 22 heavy (non-hydrogen) atoms. The maximum absolute atomic E-state index is 11.4. The van der Waals surface area contributed by atoms with E-state index in [2.05, 4.69) is 45.9 Å². The number of hydrogen-bond acceptors (Lipinski definition) is 1. The molecule has 0 heterocycles. The van der Waals surface area contributed by atoms with Gasteiger partial charge in [0.05, 0.1) is 5.41 Å². The highest BCUT2D eigenvalue weighted by Crippen LogP contribution is 2.29. The molecule has 0 amide bonds. The number of aryl methyl sites for hydroxylation is 3. The van der Waals surface area contributed by atoms with Crippen molar-refractivity contribution >= 4 is 5.97 Å². The van der Waals surface area contributed by atoms with Crippen molar-refractivity contribution < 1.29 is 9.90 Å². The summed E-state index contributed by atoms with van der Waals surface area (Å²) in [5.74, 6) is -0.685. The Hall–Kier alpha value is -1.31. The van der Waals surface area contributed by atoms with E-state index in [1.54, 1.807) is 0 Å². The van der Waals surface area contributed by atoms with Gasteiger partial charge in [0, 0.05) is 0 Å². The van der Waals surface area contributed by atoms with Gasteiger partial charge in [0.2, 0.25) is 0 Å². The monoisotopic (exact) mass is 304 g/mol. The molecule has 0 bridgehead atoms. The standard InChI is InChI=1S/C20H32O2/c1-7-20(6,18(21)22)13-10-16-9-8-15(2)17(14-16)11-12-19(3,4)5/h8-9,14H,7,10-13H2,1-6H3,(H,21,22)/t20-/m0/s1. The largest absolute Gasteiger partial charge is 0.481 e. The van der Waals surface area contributed by atoms with Crippen molar-refractivity contribution in [1.29, 1.82) is 0 Å². The summed E-state index contributed by atoms with van der Waals surface area (Å²) in [5, 5.41) is 9.38. The van der Waals surface area contributed by atoms with Crippen molar-refractivity contribution in [3.8, 4) is 0 Å². The fraction of sp³-hybridized carbons (Fsp3) is 0.650. The maximum atomic E-state index is 11.4. The molecule has 2 nitrogen and oxygen atoms in total. The van der Waals surface area contributed by atoms with Crippen molar-refractivity contribution in [3.05, 3.63) is 34.9 Å². The molecule has 124 valence electrons. The van der Waals surface area contributed by atoms with Crippen LogP contribution in [0, 0.1) is 17.8 Å². The van der Waals surface area contributed by atoms with Crippen LogP contribution in [0.4, 0.5) is 0 Å². The van der Waals surface area contributed by atoms with Gasteiger partial charge in [0.25, 0.3) is 0 Å². The highest BCUT2D eigenvalue weighted by molar-refractivity contribution is 5.74. The second-order valence-corrected chi connectivity index (χ2v) is 8.04. The fourth-order valence-corrected chi connectivity index (χ4v) is 2.51. The third-order valence-corrected chi connectivity index (χ3v) is 4.82. The van der Waals surface area contributed by atoms with Crippen LogP contribution in [0.5, 0.6) is 0 Å². The average Bonchev–Trinajstić information content (AvgIpc) is 2.43. The minimum absolute atomic E-state index is 0.340. The van der Waals surface area contributed by atoms with Crippen LogP contribution < -0.4 is 0 Å². The summed E-state index contributed by atoms with van der Waals surface area (Å²) in [6, 6.07) is 6.60. The number of carbonyl (C=O) groups is 1. The van der Waals surface area contributed by atoms with Gasteiger partial charge in [-0.05, 0) is 68.1 Å². The van der Waals surface area contributed by atoms with Crippen molar-refractivity contribution in [1.82, 2.24) is 0 Å². The zero-order valence-corrected chi connectivity index (χ0v) is 15.1. The zero-order valence-electron chi connectivity index (χ0n) is 15.1. The molecule has 1 rings (SSSR count). The Kier molecular flexibility index (Phi) is 6.22. The molecule has 0 spiro atoms. The lowest BCUT2D eigenvalue weighted by molar-refractivity contribution is -0.148. The lowest BCUT2D eigenvalue weighted by atomic mass is 9.81. The summed E-state index contributed by atoms with van der Waals surface area (Å²) in [4.78, 5) is 11.4. The molecule has 0 saturated carbocycles. The molecule has 1 aromatic rings. The van der Waals surface area contributed by atoms with Crippen LogP contribution in [0.3, 0.4) is 0 Å². The second-order valence-electron chi connectivity index (χ2n) is 8.04. The first-order chi connectivity index (χ1) is 10.1. The van der Waals surface area contributed by atoms with Crippen molar-refractivity contribution in [2.75, 3.05) is 0 Å². The zero-order chi connectivity index (χ0) is 17.0. The molecule has 0 aromatic heterocycles. The van der Waals surface area contributed by atoms with Gasteiger partial charge in [-0.1, -0.05) is 45.9 Å². The molecule has 0 saturated heterocycles. The molecule has 1 atom stereocenters. The minimum atomic E-state index is -0.685. The van der Waals surface area contributed by atoms with Gasteiger partial charge in [-0.15, -0.1) is 0 Å². The Morgan fingerprint density at radius 3 is 2.23 bits per heavy atom. The molecule has 0 fully saturated rings. The van der Waals surface area contributed by atoms with Gasteiger partial charge >= 0.3 is 5.97 Å². The van der Waals surface area contributed by atoms with Crippen LogP contribution in [0.1, 0.15) is 70.6 Å². The first-order valence-corrected chi connectivity index (χ1v) is 8.39. The van der Waals surface area contributed by atoms with E-state index in [-0.39, 0.29) is 0 Å². The summed E-state index contributed by atoms with van der Waals surface area (Å²) in [7, 11) is 0. The molecule has 2 heteroatoms. The molecule has 0 unspecified atom stereocenters. The van der Waals surface area contributed by atoms with Crippen molar-refractivity contribution in [2.24, 2.45) is 10.8 Å². The summed E-state index contributed by atoms with van der Waals surface area (Å²) in [6.45, 7) is 12.8. The highest BCUT2D eigenvalue weighted by Gasteiger charge is 2.30. The maximum Gasteiger partial charge on any atom is 0.309 e. The first kappa shape index (κ1) is 18.7. The van der Waals surface area contributed by atoms with Crippen LogP contribution in [0.15, 0.2) is 18.2 Å². The highest BCUT2D eigenvalue weighted by atomic mass is 16.4. The number of benzene rings is 1. The van der Waals surface area contributed by atoms with Gasteiger partial charge in [-0.3, -0.25) is 4.79 Å². The smallest absolute Gasteiger partial charge is 0.309 e. The first-order valence-electron chi connectivity index (χ1n) is 8.39. The minimum Gasteiger partial charge on any atom is -0.481 e. The van der Waals surface area contributed by atoms with Crippen LogP contribution in [-0.4, -0.2) is 11.1 Å². The lowest BCUT2D eigenvalue weighted by Gasteiger charge is -2.23. The van der Waals surface area contributed by atoms with Gasteiger partial charge in [0.15, 0.2) is 0 Å². The predicted octanol–water partition coefficient (Wildman–Crippen LogP) is 5.41. The normalized spacial score (nSPS) is 14.6. The quantitative estimate of drug-likeness (QED) is 0.731. The Balaban J connectivity index is 2.79. The molecule has 0 aliphatic heterocycles. The van der Waals surface area contributed by atoms with E-state index in [0.717, 1.165) is 12.8 Å². The van der Waals surface area contributed by atoms with E-state index >= 15 is 0 Å². The molecular weight excluding hydrogens is 272 g/mol. The van der Waals surface area contributed by atoms with E-state index < -0.39 is 11.4 Å². The molecule has 1 aromatic carbocycles. The van der Waals surface area contributed by atoms with E-state index in [0.29, 0.717) is 18.3 Å². The number of rotatable bonds is 7. The third-order valence-electron chi connectivity index (χ3n) is 4.82. The lowest BCUT2D eigenvalue weighted by Crippen LogP contribution is -2.27. The van der Waals surface area contributed by atoms with Gasteiger partial charge in [-0.2, -0.15) is 0 Å². The summed E-state index contributed by atoms with van der Waals surface area (Å²) in [5.41, 5.74) is 3.73. The number of carboxylic acids is 1. The van der Waals surface area contributed by atoms with Crippen LogP contribution in [0.25, 0.3) is 0 Å². The van der Waals surface area contributed by atoms with E-state index in [1.165, 1.54) is 23.1 Å². The Labute approximate surface area is 135 Å². The van der Waals surface area contributed by atoms with Crippen LogP contribution in [0.2, 0.25) is 0 Å². The van der Waals surface area contributed by atoms with Crippen LogP contribution in [-0.2, 0) is 17.6 Å². The van der Waals surface area contributed by atoms with Gasteiger partial charge in [0.1, 0.15) is 0 Å². The van der Waals surface area contributed by atoms with E-state index in [9.17, 15) is 9.90 Å². The second kappa shape index (κ2) is 7.30. The predicted molar refractivity (Wildman–Crippen MR) is 93.3 cm³/mol. The topological polar surface area (TPSA) is 37.3 Å². The third kappa shape index (κ3) is 5.47. The molecule has 0 aliphatic carbocycles. The SMILES string of the molecule is CC[C@@](C)(CCc1ccc(C)c(CCC(C)(C)C)c1)C(=O)O. The van der Waals surface area contributed by atoms with E-state index in [4.69, 9.17) is 0 Å². The van der Waals surface area contributed by atoms with Crippen LogP contribution >= 0.6 is 0 Å². The number of hydrogen-bond donors (Lipinski definition) is 1. The molecular formula is C20H32O2. The van der Waals surface area contributed by atoms with E-state index in [1.807, 2.05) is 13.8 Å². The molecule has 1 N–H and O–H groups in total. The van der Waals surface area contributed by atoms with Gasteiger partial charge in [-0.25, -0.2) is 0 Å². The number of aliphatic carboxylic acids is 1. The molecule has 0 aliphatic rings. The Morgan fingerprint density at radius 1 is 1.09 bits per heavy atom. The summed E-state index contributed by atoms with van der Waals surface area (Å²) < 4.78 is 0. The Bertz CT molecular complexity index is 511. The summed E-state index contributed by atoms with van der Waals surface area (Å²) in [6.07, 6.45) is 4.46. The Morgan fingerprint density at radius 2 is 1.73 bits per heavy atom. The van der Waals surface area contributed by atoms with Crippen molar-refractivity contribution in [2.45, 2.75) is 73.6 Å². The molecule has 0 radical (unpaired) electrons.